The predicted octanol–water partition coefficient (Wildman–Crippen LogP) is 4.33. The molecule has 0 unspecified atom stereocenters. The number of fused-ring (bicyclic) bond motifs is 1. The highest BCUT2D eigenvalue weighted by atomic mass is 16.2. The minimum Gasteiger partial charge on any atom is -0.312 e. The van der Waals surface area contributed by atoms with Crippen molar-refractivity contribution in [1.29, 1.82) is 0 Å². The number of rotatable bonds is 4. The summed E-state index contributed by atoms with van der Waals surface area (Å²) in [4.78, 5) is 26.1. The summed E-state index contributed by atoms with van der Waals surface area (Å²) in [6, 6.07) is 13.1. The molecule has 0 radical (unpaired) electrons. The first-order chi connectivity index (χ1) is 12.1. The number of carbonyl (C=O) groups is 2. The summed E-state index contributed by atoms with van der Waals surface area (Å²) in [6.07, 6.45) is 2.15. The molecule has 5 heteroatoms. The molecule has 130 valence electrons. The topological polar surface area (TPSA) is 61.4 Å². The number of hydrogen-bond acceptors (Lipinski definition) is 2. The molecule has 1 aliphatic heterocycles. The molecule has 0 saturated carbocycles. The second-order valence-corrected chi connectivity index (χ2v) is 6.34. The van der Waals surface area contributed by atoms with Crippen LogP contribution < -0.4 is 15.5 Å². The summed E-state index contributed by atoms with van der Waals surface area (Å²) in [5.41, 5.74) is 4.64. The second-order valence-electron chi connectivity index (χ2n) is 6.34. The van der Waals surface area contributed by atoms with Crippen LogP contribution in [0.15, 0.2) is 42.5 Å². The van der Waals surface area contributed by atoms with Crippen molar-refractivity contribution in [1.82, 2.24) is 0 Å². The maximum atomic E-state index is 12.2. The SMILES string of the molecule is CCCN1C(=O)CCc2cc(NC(=O)Nc3cccc(C)c3)ccc21. The fourth-order valence-corrected chi connectivity index (χ4v) is 3.12. The fraction of sp³-hybridized carbons (Fsp3) is 0.300. The van der Waals surface area contributed by atoms with Crippen LogP contribution in [0.25, 0.3) is 0 Å². The first kappa shape index (κ1) is 17.0. The molecule has 3 rings (SSSR count). The number of nitrogens with zero attached hydrogens (tertiary/aromatic N) is 1. The zero-order valence-electron chi connectivity index (χ0n) is 14.6. The molecular weight excluding hydrogens is 314 g/mol. The van der Waals surface area contributed by atoms with Crippen molar-refractivity contribution in [3.8, 4) is 0 Å². The lowest BCUT2D eigenvalue weighted by atomic mass is 10.00. The molecule has 0 aliphatic carbocycles. The van der Waals surface area contributed by atoms with Crippen LogP contribution in [0.2, 0.25) is 0 Å². The van der Waals surface area contributed by atoms with Crippen LogP contribution in [0.5, 0.6) is 0 Å². The van der Waals surface area contributed by atoms with Crippen LogP contribution in [0.3, 0.4) is 0 Å². The van der Waals surface area contributed by atoms with E-state index in [0.717, 1.165) is 41.2 Å². The van der Waals surface area contributed by atoms with E-state index >= 15 is 0 Å². The van der Waals surface area contributed by atoms with E-state index in [0.29, 0.717) is 12.8 Å². The van der Waals surface area contributed by atoms with E-state index in [-0.39, 0.29) is 11.9 Å². The van der Waals surface area contributed by atoms with E-state index in [1.807, 2.05) is 54.3 Å². The highest BCUT2D eigenvalue weighted by Crippen LogP contribution is 2.30. The Bertz CT molecular complexity index is 801. The van der Waals surface area contributed by atoms with Gasteiger partial charge in [0, 0.05) is 30.0 Å². The Hall–Kier alpha value is -2.82. The van der Waals surface area contributed by atoms with Gasteiger partial charge in [-0.15, -0.1) is 0 Å². The first-order valence-corrected chi connectivity index (χ1v) is 8.65. The van der Waals surface area contributed by atoms with Gasteiger partial charge in [0.05, 0.1) is 0 Å². The van der Waals surface area contributed by atoms with Gasteiger partial charge in [-0.05, 0) is 61.2 Å². The highest BCUT2D eigenvalue weighted by molar-refractivity contribution is 6.01. The van der Waals surface area contributed by atoms with Crippen molar-refractivity contribution < 1.29 is 9.59 Å². The smallest absolute Gasteiger partial charge is 0.312 e. The molecule has 25 heavy (non-hydrogen) atoms. The van der Waals surface area contributed by atoms with Gasteiger partial charge in [0.25, 0.3) is 0 Å². The highest BCUT2D eigenvalue weighted by Gasteiger charge is 2.23. The van der Waals surface area contributed by atoms with Gasteiger partial charge in [-0.1, -0.05) is 19.1 Å². The number of anilines is 3. The molecule has 0 aromatic heterocycles. The van der Waals surface area contributed by atoms with Crippen molar-refractivity contribution >= 4 is 29.0 Å². The molecule has 2 aromatic carbocycles. The van der Waals surface area contributed by atoms with E-state index in [1.165, 1.54) is 0 Å². The number of urea groups is 1. The Kier molecular flexibility index (Phi) is 5.03. The Morgan fingerprint density at radius 3 is 2.56 bits per heavy atom. The van der Waals surface area contributed by atoms with Gasteiger partial charge in [-0.3, -0.25) is 4.79 Å². The summed E-state index contributed by atoms with van der Waals surface area (Å²) < 4.78 is 0. The number of aryl methyl sites for hydroxylation is 2. The largest absolute Gasteiger partial charge is 0.323 e. The third-order valence-corrected chi connectivity index (χ3v) is 4.26. The molecule has 2 aromatic rings. The van der Waals surface area contributed by atoms with Crippen molar-refractivity contribution in [2.75, 3.05) is 22.1 Å². The van der Waals surface area contributed by atoms with E-state index in [2.05, 4.69) is 17.6 Å². The van der Waals surface area contributed by atoms with Crippen molar-refractivity contribution in [3.63, 3.8) is 0 Å². The molecule has 1 aliphatic rings. The lowest BCUT2D eigenvalue weighted by Gasteiger charge is -2.29. The second kappa shape index (κ2) is 7.38. The molecule has 0 bridgehead atoms. The van der Waals surface area contributed by atoms with Crippen LogP contribution in [0.1, 0.15) is 30.9 Å². The molecule has 0 saturated heterocycles. The Balaban J connectivity index is 1.72. The maximum Gasteiger partial charge on any atom is 0.323 e. The Morgan fingerprint density at radius 1 is 1.08 bits per heavy atom. The van der Waals surface area contributed by atoms with Gasteiger partial charge in [0.15, 0.2) is 0 Å². The average molecular weight is 337 g/mol. The van der Waals surface area contributed by atoms with Crippen LogP contribution in [0.4, 0.5) is 21.9 Å². The standard InChI is InChI=1S/C20H23N3O2/c1-3-11-23-18-9-8-17(13-15(18)7-10-19(23)24)22-20(25)21-16-6-4-5-14(2)12-16/h4-6,8-9,12-13H,3,7,10-11H2,1-2H3,(H2,21,22,25). The molecule has 3 amide bonds. The van der Waals surface area contributed by atoms with Crippen molar-refractivity contribution in [2.24, 2.45) is 0 Å². The van der Waals surface area contributed by atoms with Gasteiger partial charge in [-0.2, -0.15) is 0 Å². The number of hydrogen-bond donors (Lipinski definition) is 2. The normalized spacial score (nSPS) is 13.4. The molecular formula is C20H23N3O2. The van der Waals surface area contributed by atoms with E-state index < -0.39 is 0 Å². The zero-order chi connectivity index (χ0) is 17.8. The minimum absolute atomic E-state index is 0.173. The molecule has 5 nitrogen and oxygen atoms in total. The molecule has 0 atom stereocenters. The number of nitrogens with one attached hydrogen (secondary N) is 2. The van der Waals surface area contributed by atoms with Crippen molar-refractivity contribution in [2.45, 2.75) is 33.1 Å². The quantitative estimate of drug-likeness (QED) is 0.872. The molecule has 0 fully saturated rings. The number of carbonyl (C=O) groups excluding carboxylic acids is 2. The molecule has 1 heterocycles. The van der Waals surface area contributed by atoms with Crippen LogP contribution in [0, 0.1) is 6.92 Å². The van der Waals surface area contributed by atoms with Gasteiger partial charge in [-0.25, -0.2) is 4.79 Å². The summed E-state index contributed by atoms with van der Waals surface area (Å²) in [5, 5.41) is 5.70. The van der Waals surface area contributed by atoms with E-state index in [1.54, 1.807) is 0 Å². The third kappa shape index (κ3) is 3.99. The fourth-order valence-electron chi connectivity index (χ4n) is 3.12. The maximum absolute atomic E-state index is 12.2. The van der Waals surface area contributed by atoms with Gasteiger partial charge in [0.2, 0.25) is 5.91 Å². The Labute approximate surface area is 148 Å². The Morgan fingerprint density at radius 2 is 1.84 bits per heavy atom. The first-order valence-electron chi connectivity index (χ1n) is 8.65. The van der Waals surface area contributed by atoms with E-state index in [4.69, 9.17) is 0 Å². The average Bonchev–Trinajstić information content (AvgIpc) is 2.57. The predicted molar refractivity (Wildman–Crippen MR) is 101 cm³/mol. The summed E-state index contributed by atoms with van der Waals surface area (Å²) >= 11 is 0. The zero-order valence-corrected chi connectivity index (χ0v) is 14.6. The van der Waals surface area contributed by atoms with Crippen LogP contribution >= 0.6 is 0 Å². The van der Waals surface area contributed by atoms with Crippen LogP contribution in [-0.4, -0.2) is 18.5 Å². The molecule has 0 spiro atoms. The van der Waals surface area contributed by atoms with Gasteiger partial charge >= 0.3 is 6.03 Å². The van der Waals surface area contributed by atoms with E-state index in [9.17, 15) is 9.59 Å². The lowest BCUT2D eigenvalue weighted by molar-refractivity contribution is -0.118. The third-order valence-electron chi connectivity index (χ3n) is 4.26. The summed E-state index contributed by atoms with van der Waals surface area (Å²) in [7, 11) is 0. The van der Waals surface area contributed by atoms with Gasteiger partial charge in [0.1, 0.15) is 0 Å². The lowest BCUT2D eigenvalue weighted by Crippen LogP contribution is -2.35. The summed E-state index contributed by atoms with van der Waals surface area (Å²) in [5.74, 6) is 0.173. The number of benzene rings is 2. The van der Waals surface area contributed by atoms with Gasteiger partial charge < -0.3 is 15.5 Å². The van der Waals surface area contributed by atoms with Crippen LogP contribution in [-0.2, 0) is 11.2 Å². The minimum atomic E-state index is -0.275. The summed E-state index contributed by atoms with van der Waals surface area (Å²) in [6.45, 7) is 4.77. The monoisotopic (exact) mass is 337 g/mol. The van der Waals surface area contributed by atoms with Crippen molar-refractivity contribution in [3.05, 3.63) is 53.6 Å². The number of amides is 3. The molecule has 2 N–H and O–H groups in total.